The summed E-state index contributed by atoms with van der Waals surface area (Å²) >= 11 is 1.36. The maximum absolute atomic E-state index is 14.2. The van der Waals surface area contributed by atoms with Crippen LogP contribution in [-0.2, 0) is 34.0 Å². The molecule has 4 aromatic carbocycles. The van der Waals surface area contributed by atoms with Crippen LogP contribution < -0.4 is 0 Å². The van der Waals surface area contributed by atoms with E-state index in [-0.39, 0.29) is 29.2 Å². The van der Waals surface area contributed by atoms with Crippen molar-refractivity contribution in [2.75, 3.05) is 19.5 Å². The van der Waals surface area contributed by atoms with Crippen LogP contribution in [0.4, 0.5) is 0 Å². The fraction of sp³-hybridized carbons (Fsp3) is 0.282. The molecule has 2 aliphatic rings. The average molecular weight is 679 g/mol. The number of esters is 2. The maximum atomic E-state index is 14.2. The molecule has 0 bridgehead atoms. The van der Waals surface area contributed by atoms with Crippen molar-refractivity contribution in [1.29, 1.82) is 0 Å². The highest BCUT2D eigenvalue weighted by atomic mass is 32.2. The van der Waals surface area contributed by atoms with Crippen LogP contribution in [-0.4, -0.2) is 64.6 Å². The van der Waals surface area contributed by atoms with Gasteiger partial charge < -0.3 is 19.3 Å². The third-order valence-corrected chi connectivity index (χ3v) is 10.1. The number of methoxy groups -OCH3 is 1. The lowest BCUT2D eigenvalue weighted by molar-refractivity contribution is -0.183. The molecule has 4 aromatic rings. The van der Waals surface area contributed by atoms with E-state index in [4.69, 9.17) is 19.2 Å². The van der Waals surface area contributed by atoms with Gasteiger partial charge in [0.2, 0.25) is 0 Å². The van der Waals surface area contributed by atoms with E-state index >= 15 is 0 Å². The number of phenolic OH excluding ortho intramolecular Hbond substituents is 1. The zero-order valence-corrected chi connectivity index (χ0v) is 28.8. The van der Waals surface area contributed by atoms with Gasteiger partial charge in [-0.1, -0.05) is 106 Å². The number of aliphatic imine (C=N–C) groups is 1. The monoisotopic (exact) mass is 678 g/mol. The number of carbonyl (C=O) groups is 3. The molecule has 0 aliphatic carbocycles. The van der Waals surface area contributed by atoms with Gasteiger partial charge >= 0.3 is 11.9 Å². The predicted molar refractivity (Wildman–Crippen MR) is 189 cm³/mol. The van der Waals surface area contributed by atoms with Crippen molar-refractivity contribution >= 4 is 46.6 Å². The van der Waals surface area contributed by atoms with Crippen LogP contribution in [0.2, 0.25) is 0 Å². The molecule has 0 unspecified atom stereocenters. The Morgan fingerprint density at radius 2 is 1.59 bits per heavy atom. The van der Waals surface area contributed by atoms with E-state index in [9.17, 15) is 19.5 Å². The summed E-state index contributed by atoms with van der Waals surface area (Å²) in [5, 5.41) is 11.8. The van der Waals surface area contributed by atoms with Crippen LogP contribution in [0.3, 0.4) is 0 Å². The number of rotatable bonds is 9. The molecule has 0 aromatic heterocycles. The molecule has 49 heavy (non-hydrogen) atoms. The lowest BCUT2D eigenvalue weighted by atomic mass is 9.83. The Morgan fingerprint density at radius 1 is 1.00 bits per heavy atom. The van der Waals surface area contributed by atoms with Crippen molar-refractivity contribution in [3.8, 4) is 5.75 Å². The van der Waals surface area contributed by atoms with Crippen LogP contribution in [0.25, 0.3) is 10.8 Å². The molecule has 1 N–H and O–H groups in total. The van der Waals surface area contributed by atoms with Gasteiger partial charge in [-0.15, -0.1) is 11.8 Å². The van der Waals surface area contributed by atoms with E-state index in [0.29, 0.717) is 16.5 Å². The van der Waals surface area contributed by atoms with Gasteiger partial charge in [0.05, 0.1) is 0 Å². The molecule has 10 heteroatoms. The van der Waals surface area contributed by atoms with E-state index in [0.717, 1.165) is 22.1 Å². The highest BCUT2D eigenvalue weighted by molar-refractivity contribution is 8.00. The zero-order valence-electron chi connectivity index (χ0n) is 28.0. The van der Waals surface area contributed by atoms with Gasteiger partial charge in [-0.05, 0) is 28.0 Å². The fourth-order valence-corrected chi connectivity index (χ4v) is 7.61. The predicted octanol–water partition coefficient (Wildman–Crippen LogP) is 6.67. The summed E-state index contributed by atoms with van der Waals surface area (Å²) in [6.07, 6.45) is 0.847. The number of fused-ring (bicyclic) bond motifs is 2. The van der Waals surface area contributed by atoms with E-state index in [1.165, 1.54) is 30.7 Å². The number of hydrogen-bond donors (Lipinski definition) is 1. The van der Waals surface area contributed by atoms with Crippen LogP contribution in [0, 0.1) is 0 Å². The van der Waals surface area contributed by atoms with Gasteiger partial charge in [-0.2, -0.15) is 0 Å². The molecular weight excluding hydrogens is 641 g/mol. The first-order chi connectivity index (χ1) is 23.5. The normalized spacial score (nSPS) is 19.3. The Balaban J connectivity index is 1.38. The molecule has 2 heterocycles. The topological polar surface area (TPSA) is 115 Å². The van der Waals surface area contributed by atoms with Crippen molar-refractivity contribution < 1.29 is 33.7 Å². The molecule has 2 aliphatic heterocycles. The fourth-order valence-electron chi connectivity index (χ4n) is 6.20. The summed E-state index contributed by atoms with van der Waals surface area (Å²) in [7, 11) is 1.42. The molecule has 1 amide bonds. The molecule has 0 saturated carbocycles. The standard InChI is InChI=1S/C39H38N2O7S/c1-24(42)47-22-28-23-49-37-39(46-5,40-21-27-20-31(38(2,3)4)33(43)30-19-13-12-18-29(27)30)36(45)41(37)32(28)35(44)48-34(25-14-8-6-9-15-25)26-16-10-7-11-17-26/h6-21,34,37,43H,22-23H2,1-5H3/t37-,39-/m0/s1. The molecular formula is C39H38N2O7S. The van der Waals surface area contributed by atoms with Crippen molar-refractivity contribution in [1.82, 2.24) is 4.90 Å². The summed E-state index contributed by atoms with van der Waals surface area (Å²) in [5.74, 6) is -1.32. The minimum absolute atomic E-state index is 0.0137. The minimum atomic E-state index is -1.64. The number of carbonyl (C=O) groups excluding carboxylic acids is 3. The van der Waals surface area contributed by atoms with Crippen LogP contribution in [0.5, 0.6) is 5.75 Å². The van der Waals surface area contributed by atoms with Crippen LogP contribution >= 0.6 is 11.8 Å². The van der Waals surface area contributed by atoms with Crippen molar-refractivity contribution in [2.24, 2.45) is 4.99 Å². The van der Waals surface area contributed by atoms with Crippen LogP contribution in [0.15, 0.2) is 107 Å². The second-order valence-corrected chi connectivity index (χ2v) is 14.1. The number of phenols is 1. The Bertz CT molecular complexity index is 1930. The highest BCUT2D eigenvalue weighted by Gasteiger charge is 2.66. The smallest absolute Gasteiger partial charge is 0.356 e. The summed E-state index contributed by atoms with van der Waals surface area (Å²) in [5.41, 5.74) is 1.42. The Kier molecular flexibility index (Phi) is 9.37. The number of amides is 1. The molecule has 1 fully saturated rings. The number of thioether (sulfide) groups is 1. The van der Waals surface area contributed by atoms with E-state index in [1.54, 1.807) is 6.21 Å². The average Bonchev–Trinajstić information content (AvgIpc) is 3.10. The highest BCUT2D eigenvalue weighted by Crippen LogP contribution is 2.49. The first-order valence-electron chi connectivity index (χ1n) is 15.9. The van der Waals surface area contributed by atoms with E-state index < -0.39 is 35.0 Å². The largest absolute Gasteiger partial charge is 0.507 e. The number of ether oxygens (including phenoxy) is 3. The van der Waals surface area contributed by atoms with Crippen molar-refractivity contribution in [3.05, 3.63) is 125 Å². The molecule has 1 saturated heterocycles. The van der Waals surface area contributed by atoms with Gasteiger partial charge in [-0.3, -0.25) is 14.5 Å². The zero-order chi connectivity index (χ0) is 34.9. The van der Waals surface area contributed by atoms with Gasteiger partial charge in [0.15, 0.2) is 6.10 Å². The SMILES string of the molecule is CO[C@@]1(N=Cc2cc(C(C)(C)C)c(O)c3ccccc23)C(=O)N2C(C(=O)OC(c3ccccc3)c3ccccc3)=C(COC(C)=O)CS[C@H]21. The first kappa shape index (κ1) is 34.0. The third kappa shape index (κ3) is 6.34. The van der Waals surface area contributed by atoms with Crippen molar-refractivity contribution in [3.63, 3.8) is 0 Å². The molecule has 9 nitrogen and oxygen atoms in total. The maximum Gasteiger partial charge on any atom is 0.356 e. The van der Waals surface area contributed by atoms with Gasteiger partial charge in [0.1, 0.15) is 23.4 Å². The number of hydrogen-bond acceptors (Lipinski definition) is 9. The number of β-lactam (4-membered cyclic amide) rings is 1. The molecule has 6 rings (SSSR count). The van der Waals surface area contributed by atoms with Gasteiger partial charge in [0, 0.05) is 48.1 Å². The number of nitrogens with zero attached hydrogens (tertiary/aromatic N) is 2. The van der Waals surface area contributed by atoms with Gasteiger partial charge in [-0.25, -0.2) is 9.79 Å². The quantitative estimate of drug-likeness (QED) is 0.119. The molecule has 2 atom stereocenters. The Hall–Kier alpha value is -4.93. The molecule has 0 radical (unpaired) electrons. The number of aromatic hydroxyl groups is 1. The first-order valence-corrected chi connectivity index (χ1v) is 17.0. The van der Waals surface area contributed by atoms with E-state index in [1.807, 2.05) is 112 Å². The van der Waals surface area contributed by atoms with Gasteiger partial charge in [0.25, 0.3) is 11.6 Å². The Labute approximate surface area is 289 Å². The summed E-state index contributed by atoms with van der Waals surface area (Å²) < 4.78 is 17.4. The molecule has 0 spiro atoms. The number of benzene rings is 4. The second-order valence-electron chi connectivity index (χ2n) is 13.0. The lowest BCUT2D eigenvalue weighted by Gasteiger charge is -2.54. The summed E-state index contributed by atoms with van der Waals surface area (Å²) in [4.78, 5) is 46.3. The Morgan fingerprint density at radius 3 is 2.16 bits per heavy atom. The lowest BCUT2D eigenvalue weighted by Crippen LogP contribution is -2.73. The second kappa shape index (κ2) is 13.5. The van der Waals surface area contributed by atoms with Crippen LogP contribution in [0.1, 0.15) is 56.1 Å². The third-order valence-electron chi connectivity index (χ3n) is 8.72. The van der Waals surface area contributed by atoms with E-state index in [2.05, 4.69) is 0 Å². The van der Waals surface area contributed by atoms with Crippen molar-refractivity contribution in [2.45, 2.75) is 50.3 Å². The minimum Gasteiger partial charge on any atom is -0.507 e. The molecule has 252 valence electrons. The summed E-state index contributed by atoms with van der Waals surface area (Å²) in [6, 6.07) is 28.1. The summed E-state index contributed by atoms with van der Waals surface area (Å²) in [6.45, 7) is 7.15.